The lowest BCUT2D eigenvalue weighted by Gasteiger charge is -2.32. The highest BCUT2D eigenvalue weighted by atomic mass is 32.2. The first-order valence-electron chi connectivity index (χ1n) is 8.55. The highest BCUT2D eigenvalue weighted by Crippen LogP contribution is 2.37. The van der Waals surface area contributed by atoms with E-state index in [-0.39, 0.29) is 23.3 Å². The molecular weight excluding hydrogens is 324 g/mol. The molecule has 1 fully saturated rings. The molecule has 1 N–H and O–H groups in total. The molecule has 1 aromatic heterocycles. The minimum atomic E-state index is -2.97. The molecule has 128 valence electrons. The molecule has 1 saturated heterocycles. The highest BCUT2D eigenvalue weighted by molar-refractivity contribution is 7.91. The molecule has 2 aliphatic rings. The number of hydrogen-bond acceptors (Lipinski definition) is 3. The number of rotatable bonds is 1. The number of carbonyl (C=O) groups is 1. The van der Waals surface area contributed by atoms with E-state index in [1.54, 1.807) is 4.90 Å². The Hall–Kier alpha value is -1.82. The minimum Gasteiger partial charge on any atom is -0.357 e. The number of amides is 1. The summed E-state index contributed by atoms with van der Waals surface area (Å²) in [6, 6.07) is 6.35. The van der Waals surface area contributed by atoms with Crippen LogP contribution in [0.1, 0.15) is 35.6 Å². The number of aromatic amines is 1. The Morgan fingerprint density at radius 2 is 2.00 bits per heavy atom. The van der Waals surface area contributed by atoms with Gasteiger partial charge in [0, 0.05) is 29.7 Å². The molecule has 1 atom stereocenters. The van der Waals surface area contributed by atoms with Gasteiger partial charge < -0.3 is 9.88 Å². The fraction of sp³-hybridized carbons (Fsp3) is 0.500. The van der Waals surface area contributed by atoms with E-state index in [0.717, 1.165) is 30.5 Å². The van der Waals surface area contributed by atoms with E-state index in [1.165, 1.54) is 16.5 Å². The lowest BCUT2D eigenvalue weighted by molar-refractivity contribution is -0.132. The number of aryl methyl sites for hydroxylation is 2. The first-order valence-corrected chi connectivity index (χ1v) is 10.4. The van der Waals surface area contributed by atoms with Gasteiger partial charge in [-0.3, -0.25) is 4.79 Å². The van der Waals surface area contributed by atoms with Crippen LogP contribution >= 0.6 is 0 Å². The number of sulfone groups is 1. The van der Waals surface area contributed by atoms with E-state index >= 15 is 0 Å². The molecule has 0 radical (unpaired) electrons. The predicted octanol–water partition coefficient (Wildman–Crippen LogP) is 2.15. The molecular formula is C18H22N2O3S. The van der Waals surface area contributed by atoms with Gasteiger partial charge in [0.25, 0.3) is 0 Å². The minimum absolute atomic E-state index is 0.0779. The van der Waals surface area contributed by atoms with Gasteiger partial charge in [-0.2, -0.15) is 0 Å². The lowest BCUT2D eigenvalue weighted by atomic mass is 9.85. The van der Waals surface area contributed by atoms with Crippen LogP contribution in [0.25, 0.3) is 10.9 Å². The fourth-order valence-corrected chi connectivity index (χ4v) is 5.18. The monoisotopic (exact) mass is 346 g/mol. The molecule has 0 bridgehead atoms. The number of hydrogen-bond donors (Lipinski definition) is 1. The maximum absolute atomic E-state index is 13.0. The predicted molar refractivity (Wildman–Crippen MR) is 93.9 cm³/mol. The van der Waals surface area contributed by atoms with Crippen LogP contribution in [0.15, 0.2) is 18.2 Å². The zero-order valence-electron chi connectivity index (χ0n) is 13.8. The van der Waals surface area contributed by atoms with Crippen molar-refractivity contribution in [3.05, 3.63) is 35.0 Å². The molecule has 0 spiro atoms. The van der Waals surface area contributed by atoms with Crippen LogP contribution < -0.4 is 0 Å². The number of carbonyl (C=O) groups excluding carboxylic acids is 1. The van der Waals surface area contributed by atoms with Crippen LogP contribution in [0, 0.1) is 6.92 Å². The zero-order chi connectivity index (χ0) is 16.9. The van der Waals surface area contributed by atoms with Gasteiger partial charge in [-0.05, 0) is 43.9 Å². The first-order chi connectivity index (χ1) is 11.4. The topological polar surface area (TPSA) is 70.2 Å². The standard InChI is InChI=1S/C18H22N2O3S/c1-12-5-6-16-15(11-12)13-3-2-4-14(17(13)19-16)18(21)20-7-9-24(22,23)10-8-20/h5-6,11,14,19H,2-4,7-10H2,1H3/t14-/m1/s1. The van der Waals surface area contributed by atoms with Gasteiger partial charge in [0.1, 0.15) is 0 Å². The Morgan fingerprint density at radius 1 is 1.25 bits per heavy atom. The summed E-state index contributed by atoms with van der Waals surface area (Å²) in [5.74, 6) is 0.0883. The normalized spacial score (nSPS) is 23.2. The first kappa shape index (κ1) is 15.7. The van der Waals surface area contributed by atoms with Gasteiger partial charge in [0.2, 0.25) is 5.91 Å². The smallest absolute Gasteiger partial charge is 0.231 e. The highest BCUT2D eigenvalue weighted by Gasteiger charge is 2.34. The van der Waals surface area contributed by atoms with Gasteiger partial charge >= 0.3 is 0 Å². The fourth-order valence-electron chi connectivity index (χ4n) is 3.98. The maximum atomic E-state index is 13.0. The summed E-state index contributed by atoms with van der Waals surface area (Å²) in [6.45, 7) is 2.73. The van der Waals surface area contributed by atoms with Crippen molar-refractivity contribution in [2.45, 2.75) is 32.1 Å². The number of aromatic nitrogens is 1. The third-order valence-corrected chi connectivity index (χ3v) is 6.93. The largest absolute Gasteiger partial charge is 0.357 e. The molecule has 1 aliphatic heterocycles. The molecule has 2 aromatic rings. The van der Waals surface area contributed by atoms with Crippen LogP contribution in [-0.4, -0.2) is 48.8 Å². The van der Waals surface area contributed by atoms with Gasteiger partial charge in [-0.15, -0.1) is 0 Å². The van der Waals surface area contributed by atoms with Crippen molar-refractivity contribution >= 4 is 26.6 Å². The SMILES string of the molecule is Cc1ccc2[nH]c3c(c2c1)CCC[C@H]3C(=O)N1CCS(=O)(=O)CC1. The Morgan fingerprint density at radius 3 is 2.75 bits per heavy atom. The Bertz CT molecular complexity index is 900. The molecule has 0 saturated carbocycles. The Kier molecular flexibility index (Phi) is 3.67. The van der Waals surface area contributed by atoms with Crippen molar-refractivity contribution in [1.82, 2.24) is 9.88 Å². The summed E-state index contributed by atoms with van der Waals surface area (Å²) in [5.41, 5.74) is 4.62. The van der Waals surface area contributed by atoms with Gasteiger partial charge in [-0.1, -0.05) is 11.6 Å². The van der Waals surface area contributed by atoms with Gasteiger partial charge in [0.05, 0.1) is 17.4 Å². The number of nitrogens with one attached hydrogen (secondary N) is 1. The Labute approximate surface area is 142 Å². The van der Waals surface area contributed by atoms with Crippen molar-refractivity contribution in [3.63, 3.8) is 0 Å². The third kappa shape index (κ3) is 2.62. The second-order valence-corrected chi connectivity index (χ2v) is 9.29. The molecule has 4 rings (SSSR count). The maximum Gasteiger partial charge on any atom is 0.231 e. The molecule has 6 heteroatoms. The lowest BCUT2D eigenvalue weighted by Crippen LogP contribution is -2.46. The number of nitrogens with zero attached hydrogens (tertiary/aromatic N) is 1. The van der Waals surface area contributed by atoms with Crippen LogP contribution in [0.3, 0.4) is 0 Å². The van der Waals surface area contributed by atoms with E-state index in [1.807, 2.05) is 0 Å². The Balaban J connectivity index is 1.67. The van der Waals surface area contributed by atoms with Crippen molar-refractivity contribution in [3.8, 4) is 0 Å². The van der Waals surface area contributed by atoms with Crippen LogP contribution in [0.2, 0.25) is 0 Å². The quantitative estimate of drug-likeness (QED) is 0.860. The molecule has 2 heterocycles. The molecule has 24 heavy (non-hydrogen) atoms. The van der Waals surface area contributed by atoms with E-state index < -0.39 is 9.84 Å². The van der Waals surface area contributed by atoms with E-state index in [2.05, 4.69) is 30.1 Å². The summed E-state index contributed by atoms with van der Waals surface area (Å²) in [4.78, 5) is 18.2. The second-order valence-electron chi connectivity index (χ2n) is 6.99. The van der Waals surface area contributed by atoms with E-state index in [0.29, 0.717) is 13.1 Å². The summed E-state index contributed by atoms with van der Waals surface area (Å²) in [6.07, 6.45) is 2.83. The summed E-state index contributed by atoms with van der Waals surface area (Å²) in [5, 5.41) is 1.23. The average molecular weight is 346 g/mol. The summed E-state index contributed by atoms with van der Waals surface area (Å²) < 4.78 is 23.2. The van der Waals surface area contributed by atoms with E-state index in [4.69, 9.17) is 0 Å². The van der Waals surface area contributed by atoms with Crippen LogP contribution in [-0.2, 0) is 21.1 Å². The number of H-pyrrole nitrogens is 1. The second kappa shape index (κ2) is 5.62. The van der Waals surface area contributed by atoms with Crippen LogP contribution in [0.4, 0.5) is 0 Å². The summed E-state index contributed by atoms with van der Waals surface area (Å²) >= 11 is 0. The van der Waals surface area contributed by atoms with Crippen molar-refractivity contribution in [2.75, 3.05) is 24.6 Å². The van der Waals surface area contributed by atoms with Crippen molar-refractivity contribution in [1.29, 1.82) is 0 Å². The molecule has 1 aromatic carbocycles. The van der Waals surface area contributed by atoms with Gasteiger partial charge in [0.15, 0.2) is 9.84 Å². The van der Waals surface area contributed by atoms with E-state index in [9.17, 15) is 13.2 Å². The molecule has 0 unspecified atom stereocenters. The third-order valence-electron chi connectivity index (χ3n) is 5.32. The number of fused-ring (bicyclic) bond motifs is 3. The summed E-state index contributed by atoms with van der Waals surface area (Å²) in [7, 11) is -2.97. The molecule has 1 aliphatic carbocycles. The molecule has 5 nitrogen and oxygen atoms in total. The molecule has 1 amide bonds. The van der Waals surface area contributed by atoms with Gasteiger partial charge in [-0.25, -0.2) is 8.42 Å². The zero-order valence-corrected chi connectivity index (χ0v) is 14.7. The van der Waals surface area contributed by atoms with Crippen molar-refractivity contribution in [2.24, 2.45) is 0 Å². The average Bonchev–Trinajstić information content (AvgIpc) is 2.92. The van der Waals surface area contributed by atoms with Crippen molar-refractivity contribution < 1.29 is 13.2 Å². The van der Waals surface area contributed by atoms with Crippen LogP contribution in [0.5, 0.6) is 0 Å². The number of benzene rings is 1.